The molecule has 1 fully saturated rings. The zero-order valence-electron chi connectivity index (χ0n) is 14.9. The second-order valence-electron chi connectivity index (χ2n) is 7.03. The molecule has 0 bridgehead atoms. The van der Waals surface area contributed by atoms with E-state index in [0.717, 1.165) is 41.8 Å². The molecule has 0 aromatic heterocycles. The van der Waals surface area contributed by atoms with Crippen LogP contribution in [0.5, 0.6) is 5.75 Å². The Labute approximate surface area is 152 Å². The Kier molecular flexibility index (Phi) is 6.52. The summed E-state index contributed by atoms with van der Waals surface area (Å²) in [5.41, 5.74) is 0.689. The number of benzene rings is 1. The van der Waals surface area contributed by atoms with Crippen molar-refractivity contribution in [2.45, 2.75) is 52.3 Å². The van der Waals surface area contributed by atoms with Crippen LogP contribution in [0.1, 0.15) is 39.7 Å². The fraction of sp³-hybridized carbons (Fsp3) is 0.611. The van der Waals surface area contributed by atoms with E-state index in [1.165, 1.54) is 0 Å². The van der Waals surface area contributed by atoms with Gasteiger partial charge in [0, 0.05) is 31.2 Å². The predicted molar refractivity (Wildman–Crippen MR) is 98.4 cm³/mol. The molecular weight excluding hydrogens is 372 g/mol. The molecule has 1 aromatic carbocycles. The summed E-state index contributed by atoms with van der Waals surface area (Å²) in [5, 5.41) is 2.96. The van der Waals surface area contributed by atoms with Crippen LogP contribution in [0.2, 0.25) is 0 Å². The van der Waals surface area contributed by atoms with Gasteiger partial charge in [0.25, 0.3) is 0 Å². The number of hydrogen-bond donors (Lipinski definition) is 1. The number of carbonyl (C=O) groups excluding carboxylic acids is 1. The summed E-state index contributed by atoms with van der Waals surface area (Å²) in [7, 11) is 0. The Morgan fingerprint density at radius 2 is 2.17 bits per heavy atom. The largest absolute Gasteiger partial charge is 0.492 e. The van der Waals surface area contributed by atoms with Crippen molar-refractivity contribution in [2.75, 3.05) is 19.7 Å². The van der Waals surface area contributed by atoms with Gasteiger partial charge in [-0.05, 0) is 56.1 Å². The van der Waals surface area contributed by atoms with E-state index in [0.29, 0.717) is 6.61 Å². The molecule has 0 spiro atoms. The van der Waals surface area contributed by atoms with Crippen LogP contribution in [0, 0.1) is 0 Å². The Bertz CT molecular complexity index is 572. The maximum atomic E-state index is 11.9. The smallest absolute Gasteiger partial charge is 0.407 e. The van der Waals surface area contributed by atoms with E-state index >= 15 is 0 Å². The number of para-hydroxylation sites is 1. The molecule has 1 aliphatic rings. The topological polar surface area (TPSA) is 50.8 Å². The molecule has 1 heterocycles. The van der Waals surface area contributed by atoms with Gasteiger partial charge in [-0.15, -0.1) is 0 Å². The Hall–Kier alpha value is -1.27. The van der Waals surface area contributed by atoms with E-state index in [9.17, 15) is 4.79 Å². The van der Waals surface area contributed by atoms with Crippen LogP contribution >= 0.6 is 15.9 Å². The molecule has 1 atom stereocenters. The number of alkyl carbamates (subject to hydrolysis) is 1. The first-order valence-corrected chi connectivity index (χ1v) is 9.20. The van der Waals surface area contributed by atoms with Gasteiger partial charge in [-0.3, -0.25) is 4.90 Å². The van der Waals surface area contributed by atoms with Gasteiger partial charge < -0.3 is 14.8 Å². The minimum atomic E-state index is -0.467. The van der Waals surface area contributed by atoms with Crippen LogP contribution in [-0.2, 0) is 11.3 Å². The van der Waals surface area contributed by atoms with E-state index < -0.39 is 5.60 Å². The summed E-state index contributed by atoms with van der Waals surface area (Å²) in [6.07, 6.45) is 0.587. The number of rotatable bonds is 5. The standard InChI is InChI=1S/C18H27BrN2O3/c1-5-23-16-13(7-6-8-15(16)19)11-21-10-9-14(12-21)20-17(22)24-18(2,3)4/h6-8,14H,5,9-12H2,1-4H3,(H,20,22). The summed E-state index contributed by atoms with van der Waals surface area (Å²) >= 11 is 3.55. The van der Waals surface area contributed by atoms with E-state index in [1.54, 1.807) is 0 Å². The van der Waals surface area contributed by atoms with Gasteiger partial charge >= 0.3 is 6.09 Å². The van der Waals surface area contributed by atoms with Crippen molar-refractivity contribution in [1.82, 2.24) is 10.2 Å². The minimum Gasteiger partial charge on any atom is -0.492 e. The molecule has 0 saturated carbocycles. The van der Waals surface area contributed by atoms with Crippen LogP contribution in [-0.4, -0.2) is 42.3 Å². The molecule has 5 nitrogen and oxygen atoms in total. The third-order valence-corrected chi connectivity index (χ3v) is 4.35. The number of nitrogens with zero attached hydrogens (tertiary/aromatic N) is 1. The van der Waals surface area contributed by atoms with Gasteiger partial charge in [-0.25, -0.2) is 4.79 Å². The lowest BCUT2D eigenvalue weighted by Crippen LogP contribution is -2.40. The van der Waals surface area contributed by atoms with Crippen LogP contribution in [0.15, 0.2) is 22.7 Å². The molecular formula is C18H27BrN2O3. The fourth-order valence-corrected chi connectivity index (χ4v) is 3.31. The first kappa shape index (κ1) is 19.1. The highest BCUT2D eigenvalue weighted by atomic mass is 79.9. The zero-order chi connectivity index (χ0) is 17.7. The van der Waals surface area contributed by atoms with Gasteiger partial charge in [0.15, 0.2) is 0 Å². The molecule has 0 radical (unpaired) electrons. The third-order valence-electron chi connectivity index (χ3n) is 3.72. The van der Waals surface area contributed by atoms with Crippen LogP contribution in [0.25, 0.3) is 0 Å². The van der Waals surface area contributed by atoms with Crippen molar-refractivity contribution in [3.63, 3.8) is 0 Å². The summed E-state index contributed by atoms with van der Waals surface area (Å²) in [5.74, 6) is 0.906. The SMILES string of the molecule is CCOc1c(Br)cccc1CN1CCC(NC(=O)OC(C)(C)C)C1. The number of carbonyl (C=O) groups is 1. The monoisotopic (exact) mass is 398 g/mol. The van der Waals surface area contributed by atoms with Gasteiger partial charge in [0.2, 0.25) is 0 Å². The second-order valence-corrected chi connectivity index (χ2v) is 7.88. The lowest BCUT2D eigenvalue weighted by Gasteiger charge is -2.22. The van der Waals surface area contributed by atoms with Crippen molar-refractivity contribution in [3.8, 4) is 5.75 Å². The number of nitrogens with one attached hydrogen (secondary N) is 1. The molecule has 134 valence electrons. The summed E-state index contributed by atoms with van der Waals surface area (Å²) in [6, 6.07) is 6.23. The molecule has 1 aliphatic heterocycles. The van der Waals surface area contributed by atoms with Gasteiger partial charge in [-0.1, -0.05) is 12.1 Å². The number of amides is 1. The highest BCUT2D eigenvalue weighted by molar-refractivity contribution is 9.10. The van der Waals surface area contributed by atoms with Crippen LogP contribution < -0.4 is 10.1 Å². The van der Waals surface area contributed by atoms with Gasteiger partial charge in [-0.2, -0.15) is 0 Å². The maximum Gasteiger partial charge on any atom is 0.407 e. The molecule has 1 N–H and O–H groups in total. The van der Waals surface area contributed by atoms with E-state index in [4.69, 9.17) is 9.47 Å². The highest BCUT2D eigenvalue weighted by Crippen LogP contribution is 2.30. The predicted octanol–water partition coefficient (Wildman–Crippen LogP) is 3.95. The maximum absolute atomic E-state index is 11.9. The summed E-state index contributed by atoms with van der Waals surface area (Å²) in [4.78, 5) is 14.2. The first-order valence-electron chi connectivity index (χ1n) is 8.40. The number of ether oxygens (including phenoxy) is 2. The summed E-state index contributed by atoms with van der Waals surface area (Å²) in [6.45, 7) is 10.8. The van der Waals surface area contributed by atoms with Gasteiger partial charge in [0.1, 0.15) is 11.4 Å². The lowest BCUT2D eigenvalue weighted by atomic mass is 10.2. The van der Waals surface area contributed by atoms with Crippen molar-refractivity contribution in [1.29, 1.82) is 0 Å². The second kappa shape index (κ2) is 8.21. The van der Waals surface area contributed by atoms with Gasteiger partial charge in [0.05, 0.1) is 11.1 Å². The molecule has 24 heavy (non-hydrogen) atoms. The molecule has 1 saturated heterocycles. The lowest BCUT2D eigenvalue weighted by molar-refractivity contribution is 0.0505. The highest BCUT2D eigenvalue weighted by Gasteiger charge is 2.26. The van der Waals surface area contributed by atoms with Crippen molar-refractivity contribution in [2.24, 2.45) is 0 Å². The quantitative estimate of drug-likeness (QED) is 0.815. The average Bonchev–Trinajstić information content (AvgIpc) is 2.87. The number of likely N-dealkylation sites (tertiary alicyclic amines) is 1. The molecule has 6 heteroatoms. The number of halogens is 1. The molecule has 1 aromatic rings. The Morgan fingerprint density at radius 3 is 2.83 bits per heavy atom. The van der Waals surface area contributed by atoms with E-state index in [-0.39, 0.29) is 12.1 Å². The van der Waals surface area contributed by atoms with Crippen LogP contribution in [0.4, 0.5) is 4.79 Å². The van der Waals surface area contributed by atoms with Crippen LogP contribution in [0.3, 0.4) is 0 Å². The molecule has 1 amide bonds. The molecule has 2 rings (SSSR count). The Morgan fingerprint density at radius 1 is 1.42 bits per heavy atom. The van der Waals surface area contributed by atoms with E-state index in [1.807, 2.05) is 39.8 Å². The van der Waals surface area contributed by atoms with Crippen molar-refractivity contribution < 1.29 is 14.3 Å². The van der Waals surface area contributed by atoms with Crippen molar-refractivity contribution >= 4 is 22.0 Å². The minimum absolute atomic E-state index is 0.127. The van der Waals surface area contributed by atoms with Crippen molar-refractivity contribution in [3.05, 3.63) is 28.2 Å². The molecule has 1 unspecified atom stereocenters. The number of hydrogen-bond acceptors (Lipinski definition) is 4. The fourth-order valence-electron chi connectivity index (χ4n) is 2.79. The third kappa shape index (κ3) is 5.67. The normalized spacial score (nSPS) is 18.5. The molecule has 0 aliphatic carbocycles. The Balaban J connectivity index is 1.90. The first-order chi connectivity index (χ1) is 11.3. The zero-order valence-corrected chi connectivity index (χ0v) is 16.5. The summed E-state index contributed by atoms with van der Waals surface area (Å²) < 4.78 is 12.1. The average molecular weight is 399 g/mol. The van der Waals surface area contributed by atoms with E-state index in [2.05, 4.69) is 32.2 Å².